The number of aliphatic carboxylic acids is 1. The number of rotatable bonds is 6. The molecule has 0 saturated carbocycles. The van der Waals surface area contributed by atoms with Crippen LogP contribution in [0, 0.1) is 0 Å². The maximum Gasteiger partial charge on any atom is 0.333 e. The van der Waals surface area contributed by atoms with Crippen molar-refractivity contribution in [2.75, 3.05) is 0 Å². The summed E-state index contributed by atoms with van der Waals surface area (Å²) < 4.78 is 0. The highest BCUT2D eigenvalue weighted by atomic mass is 16.4. The van der Waals surface area contributed by atoms with Gasteiger partial charge in [-0.15, -0.1) is 0 Å². The topological polar surface area (TPSA) is 57.5 Å². The zero-order chi connectivity index (χ0) is 17.6. The van der Waals surface area contributed by atoms with E-state index in [9.17, 15) is 15.0 Å². The summed E-state index contributed by atoms with van der Waals surface area (Å²) in [7, 11) is 0. The molecule has 3 rings (SSSR count). The lowest BCUT2D eigenvalue weighted by atomic mass is 9.74. The number of hydrogen-bond acceptors (Lipinski definition) is 2. The molecule has 0 aliphatic rings. The molecule has 126 valence electrons. The van der Waals surface area contributed by atoms with Gasteiger partial charge in [0.25, 0.3) is 0 Å². The number of carboxylic acid groups (broad SMARTS) is 1. The highest BCUT2D eigenvalue weighted by molar-refractivity contribution is 5.74. The zero-order valence-electron chi connectivity index (χ0n) is 13.7. The molecule has 3 nitrogen and oxygen atoms in total. The average molecular weight is 332 g/mol. The van der Waals surface area contributed by atoms with Crippen molar-refractivity contribution < 1.29 is 15.0 Å². The van der Waals surface area contributed by atoms with Crippen molar-refractivity contribution in [2.24, 2.45) is 0 Å². The van der Waals surface area contributed by atoms with Gasteiger partial charge in [0.15, 0.2) is 6.10 Å². The molecule has 0 radical (unpaired) electrons. The Balaban J connectivity index is 2.18. The first-order valence-corrected chi connectivity index (χ1v) is 8.24. The highest BCUT2D eigenvalue weighted by Crippen LogP contribution is 2.40. The van der Waals surface area contributed by atoms with Gasteiger partial charge in [0.1, 0.15) is 0 Å². The molecule has 0 bridgehead atoms. The number of benzene rings is 3. The van der Waals surface area contributed by atoms with E-state index in [2.05, 4.69) is 0 Å². The Labute approximate surface area is 147 Å². The van der Waals surface area contributed by atoms with Crippen LogP contribution in [0.25, 0.3) is 0 Å². The third-order valence-electron chi connectivity index (χ3n) is 4.45. The molecule has 0 saturated heterocycles. The van der Waals surface area contributed by atoms with Gasteiger partial charge in [0, 0.05) is 11.8 Å². The van der Waals surface area contributed by atoms with Crippen molar-refractivity contribution in [1.29, 1.82) is 0 Å². The molecule has 0 heterocycles. The fraction of sp³-hybridized carbons (Fsp3) is 0.136. The Morgan fingerprint density at radius 1 is 0.640 bits per heavy atom. The summed E-state index contributed by atoms with van der Waals surface area (Å²) in [5.74, 6) is -2.08. The highest BCUT2D eigenvalue weighted by Gasteiger charge is 2.35. The predicted molar refractivity (Wildman–Crippen MR) is 97.6 cm³/mol. The van der Waals surface area contributed by atoms with Crippen LogP contribution < -0.4 is 0 Å². The molecule has 3 aromatic rings. The van der Waals surface area contributed by atoms with Gasteiger partial charge in [0.05, 0.1) is 0 Å². The first-order chi connectivity index (χ1) is 12.2. The van der Waals surface area contributed by atoms with Crippen LogP contribution in [0.4, 0.5) is 0 Å². The van der Waals surface area contributed by atoms with Crippen LogP contribution in [0.15, 0.2) is 91.0 Å². The zero-order valence-corrected chi connectivity index (χ0v) is 13.7. The molecule has 2 N–H and O–H groups in total. The SMILES string of the molecule is O=C(O)C(O)C(c1ccccc1)C(c1ccccc1)c1ccccc1. The van der Waals surface area contributed by atoms with Crippen LogP contribution in [0.5, 0.6) is 0 Å². The molecule has 25 heavy (non-hydrogen) atoms. The lowest BCUT2D eigenvalue weighted by Crippen LogP contribution is -2.32. The molecule has 0 aromatic heterocycles. The Morgan fingerprint density at radius 3 is 1.36 bits per heavy atom. The fourth-order valence-corrected chi connectivity index (χ4v) is 3.31. The van der Waals surface area contributed by atoms with E-state index in [1.165, 1.54) is 0 Å². The van der Waals surface area contributed by atoms with E-state index in [0.29, 0.717) is 0 Å². The van der Waals surface area contributed by atoms with Crippen LogP contribution in [0.3, 0.4) is 0 Å². The van der Waals surface area contributed by atoms with Crippen molar-refractivity contribution in [3.8, 4) is 0 Å². The van der Waals surface area contributed by atoms with E-state index in [1.807, 2.05) is 91.0 Å². The van der Waals surface area contributed by atoms with E-state index >= 15 is 0 Å². The predicted octanol–water partition coefficient (Wildman–Crippen LogP) is 4.05. The molecule has 2 atom stereocenters. The summed E-state index contributed by atoms with van der Waals surface area (Å²) in [5, 5.41) is 20.0. The van der Waals surface area contributed by atoms with Gasteiger partial charge >= 0.3 is 5.97 Å². The van der Waals surface area contributed by atoms with Gasteiger partial charge in [0.2, 0.25) is 0 Å². The normalized spacial score (nSPS) is 13.4. The maximum atomic E-state index is 11.6. The van der Waals surface area contributed by atoms with Gasteiger partial charge in [-0.3, -0.25) is 0 Å². The molecule has 0 aliphatic carbocycles. The molecule has 2 unspecified atom stereocenters. The first-order valence-electron chi connectivity index (χ1n) is 8.24. The van der Waals surface area contributed by atoms with Crippen LogP contribution in [0.2, 0.25) is 0 Å². The van der Waals surface area contributed by atoms with Crippen LogP contribution >= 0.6 is 0 Å². The molecular formula is C22H20O3. The first kappa shape index (κ1) is 16.9. The number of hydrogen-bond donors (Lipinski definition) is 2. The number of aliphatic hydroxyl groups is 1. The Morgan fingerprint density at radius 2 is 1.00 bits per heavy atom. The molecule has 3 aromatic carbocycles. The van der Waals surface area contributed by atoms with Gasteiger partial charge < -0.3 is 10.2 Å². The smallest absolute Gasteiger partial charge is 0.333 e. The van der Waals surface area contributed by atoms with Crippen molar-refractivity contribution in [3.05, 3.63) is 108 Å². The molecule has 0 aliphatic heterocycles. The maximum absolute atomic E-state index is 11.6. The average Bonchev–Trinajstić information content (AvgIpc) is 2.67. The molecular weight excluding hydrogens is 312 g/mol. The van der Waals surface area contributed by atoms with Gasteiger partial charge in [-0.05, 0) is 16.7 Å². The monoisotopic (exact) mass is 332 g/mol. The summed E-state index contributed by atoms with van der Waals surface area (Å²) in [6.07, 6.45) is -1.51. The van der Waals surface area contributed by atoms with Gasteiger partial charge in [-0.2, -0.15) is 0 Å². The Kier molecular flexibility index (Phi) is 5.26. The number of carboxylic acids is 1. The lowest BCUT2D eigenvalue weighted by Gasteiger charge is -2.30. The second kappa shape index (κ2) is 7.77. The van der Waals surface area contributed by atoms with Crippen LogP contribution in [-0.4, -0.2) is 22.3 Å². The fourth-order valence-electron chi connectivity index (χ4n) is 3.31. The molecule has 0 fully saturated rings. The third-order valence-corrected chi connectivity index (χ3v) is 4.45. The van der Waals surface area contributed by atoms with Gasteiger partial charge in [-0.1, -0.05) is 91.0 Å². The Bertz CT molecular complexity index is 761. The number of carbonyl (C=O) groups is 1. The van der Waals surface area contributed by atoms with E-state index in [-0.39, 0.29) is 5.92 Å². The lowest BCUT2D eigenvalue weighted by molar-refractivity contribution is -0.148. The second-order valence-corrected chi connectivity index (χ2v) is 6.02. The second-order valence-electron chi connectivity index (χ2n) is 6.02. The van der Waals surface area contributed by atoms with Crippen LogP contribution in [0.1, 0.15) is 28.5 Å². The summed E-state index contributed by atoms with van der Waals surface area (Å²) in [6.45, 7) is 0. The van der Waals surface area contributed by atoms with E-state index in [4.69, 9.17) is 0 Å². The molecule has 0 spiro atoms. The van der Waals surface area contributed by atoms with Crippen molar-refractivity contribution in [1.82, 2.24) is 0 Å². The van der Waals surface area contributed by atoms with Crippen molar-refractivity contribution in [3.63, 3.8) is 0 Å². The van der Waals surface area contributed by atoms with Gasteiger partial charge in [-0.25, -0.2) is 4.79 Å². The molecule has 3 heteroatoms. The number of aliphatic hydroxyl groups excluding tert-OH is 1. The standard InChI is InChI=1S/C22H20O3/c23-21(22(24)25)20(18-14-8-3-9-15-18)19(16-10-4-1-5-11-16)17-12-6-2-7-13-17/h1-15,19-21,23H,(H,24,25). The van der Waals surface area contributed by atoms with E-state index < -0.39 is 18.0 Å². The summed E-state index contributed by atoms with van der Waals surface area (Å²) >= 11 is 0. The minimum Gasteiger partial charge on any atom is -0.479 e. The quantitative estimate of drug-likeness (QED) is 0.716. The summed E-state index contributed by atoms with van der Waals surface area (Å²) in [5.41, 5.74) is 2.75. The van der Waals surface area contributed by atoms with E-state index in [1.54, 1.807) is 0 Å². The van der Waals surface area contributed by atoms with E-state index in [0.717, 1.165) is 16.7 Å². The minimum absolute atomic E-state index is 0.268. The summed E-state index contributed by atoms with van der Waals surface area (Å²) in [4.78, 5) is 11.6. The Hall–Kier alpha value is -2.91. The largest absolute Gasteiger partial charge is 0.479 e. The minimum atomic E-state index is -1.51. The molecule has 0 amide bonds. The summed E-state index contributed by atoms with van der Waals surface area (Å²) in [6, 6.07) is 28.8. The van der Waals surface area contributed by atoms with Crippen LogP contribution in [-0.2, 0) is 4.79 Å². The van der Waals surface area contributed by atoms with Crippen molar-refractivity contribution >= 4 is 5.97 Å². The van der Waals surface area contributed by atoms with Crippen molar-refractivity contribution in [2.45, 2.75) is 17.9 Å². The third kappa shape index (κ3) is 3.78.